The van der Waals surface area contributed by atoms with E-state index in [1.165, 1.54) is 4.90 Å². The fourth-order valence-electron chi connectivity index (χ4n) is 2.15. The largest absolute Gasteiger partial charge is 0.397 e. The predicted octanol–water partition coefficient (Wildman–Crippen LogP) is 1.06. The van der Waals surface area contributed by atoms with Gasteiger partial charge in [0.15, 0.2) is 0 Å². The molecule has 1 heterocycles. The lowest BCUT2D eigenvalue weighted by Crippen LogP contribution is -2.41. The molecule has 2 amide bonds. The number of hydrogen-bond donors (Lipinski definition) is 2. The Morgan fingerprint density at radius 3 is 2.55 bits per heavy atom. The zero-order chi connectivity index (χ0) is 15.3. The van der Waals surface area contributed by atoms with Gasteiger partial charge >= 0.3 is 0 Å². The summed E-state index contributed by atoms with van der Waals surface area (Å²) >= 11 is 0. The Balaban J connectivity index is 3.01. The van der Waals surface area contributed by atoms with Gasteiger partial charge in [-0.05, 0) is 18.4 Å². The summed E-state index contributed by atoms with van der Waals surface area (Å²) in [6.07, 6.45) is 2.64. The summed E-state index contributed by atoms with van der Waals surface area (Å²) in [6, 6.07) is 1.65. The number of carbonyl (C=O) groups excluding carboxylic acids is 2. The second kappa shape index (κ2) is 6.98. The molecule has 0 atom stereocenters. The molecule has 6 heteroatoms. The monoisotopic (exact) mass is 280 g/mol. The number of amides is 2. The molecule has 4 N–H and O–H groups in total. The van der Waals surface area contributed by atoms with E-state index in [4.69, 9.17) is 11.5 Å². The van der Waals surface area contributed by atoms with E-state index in [1.807, 2.05) is 25.3 Å². The van der Waals surface area contributed by atoms with E-state index in [-0.39, 0.29) is 18.4 Å². The molecule has 0 radical (unpaired) electrons. The number of nitrogens with two attached hydrogens (primary N) is 2. The van der Waals surface area contributed by atoms with Crippen LogP contribution in [-0.2, 0) is 11.3 Å². The Hall–Kier alpha value is -1.98. The molecule has 1 rings (SSSR count). The first-order valence-electron chi connectivity index (χ1n) is 6.88. The molecule has 1 aromatic rings. The van der Waals surface area contributed by atoms with E-state index < -0.39 is 5.91 Å². The molecule has 0 fully saturated rings. The van der Waals surface area contributed by atoms with Crippen LogP contribution in [0.1, 0.15) is 37.7 Å². The maximum Gasteiger partial charge on any atom is 0.271 e. The Labute approximate surface area is 119 Å². The summed E-state index contributed by atoms with van der Waals surface area (Å²) in [4.78, 5) is 25.2. The van der Waals surface area contributed by atoms with Crippen molar-refractivity contribution in [2.75, 3.05) is 18.8 Å². The Kier molecular flexibility index (Phi) is 5.61. The van der Waals surface area contributed by atoms with E-state index in [0.717, 1.165) is 6.42 Å². The van der Waals surface area contributed by atoms with Gasteiger partial charge < -0.3 is 20.9 Å². The quantitative estimate of drug-likeness (QED) is 0.782. The summed E-state index contributed by atoms with van der Waals surface area (Å²) in [5.74, 6) is -0.464. The van der Waals surface area contributed by atoms with Crippen LogP contribution in [0.25, 0.3) is 0 Å². The highest BCUT2D eigenvalue weighted by molar-refractivity contribution is 5.96. The molecule has 0 aliphatic rings. The molecule has 0 saturated carbocycles. The Bertz CT molecular complexity index is 480. The summed E-state index contributed by atoms with van der Waals surface area (Å²) in [5.41, 5.74) is 12.0. The fraction of sp³-hybridized carbons (Fsp3) is 0.571. The van der Waals surface area contributed by atoms with Gasteiger partial charge in [-0.15, -0.1) is 0 Å². The van der Waals surface area contributed by atoms with Gasteiger partial charge in [-0.2, -0.15) is 0 Å². The van der Waals surface area contributed by atoms with Gasteiger partial charge in [0.25, 0.3) is 5.91 Å². The smallest absolute Gasteiger partial charge is 0.271 e. The molecule has 0 spiro atoms. The van der Waals surface area contributed by atoms with Crippen LogP contribution in [0.5, 0.6) is 0 Å². The molecule has 0 aromatic carbocycles. The van der Waals surface area contributed by atoms with Crippen LogP contribution in [0, 0.1) is 5.92 Å². The molecule has 0 bridgehead atoms. The number of anilines is 1. The lowest BCUT2D eigenvalue weighted by atomic mass is 10.2. The SMILES string of the molecule is CCCn1cc(N)cc1C(=O)N(CC(N)=O)CC(C)C. The van der Waals surface area contributed by atoms with Gasteiger partial charge in [0.05, 0.1) is 12.2 Å². The standard InChI is InChI=1S/C14H24N4O2/c1-4-5-17-8-11(15)6-12(17)14(20)18(7-10(2)3)9-13(16)19/h6,8,10H,4-5,7,9,15H2,1-3H3,(H2,16,19). The van der Waals surface area contributed by atoms with Crippen LogP contribution in [0.3, 0.4) is 0 Å². The van der Waals surface area contributed by atoms with Crippen LogP contribution in [0.15, 0.2) is 12.3 Å². The first-order valence-corrected chi connectivity index (χ1v) is 6.88. The Morgan fingerprint density at radius 2 is 2.05 bits per heavy atom. The number of aryl methyl sites for hydroxylation is 1. The maximum absolute atomic E-state index is 12.6. The van der Waals surface area contributed by atoms with Crippen molar-refractivity contribution in [2.24, 2.45) is 11.7 Å². The third-order valence-corrected chi connectivity index (χ3v) is 2.82. The summed E-state index contributed by atoms with van der Waals surface area (Å²) in [5, 5.41) is 0. The lowest BCUT2D eigenvalue weighted by molar-refractivity contribution is -0.118. The lowest BCUT2D eigenvalue weighted by Gasteiger charge is -2.23. The van der Waals surface area contributed by atoms with Crippen molar-refractivity contribution in [3.8, 4) is 0 Å². The molecule has 6 nitrogen and oxygen atoms in total. The number of nitrogen functional groups attached to an aromatic ring is 1. The maximum atomic E-state index is 12.6. The van der Waals surface area contributed by atoms with Crippen LogP contribution in [-0.4, -0.2) is 34.4 Å². The van der Waals surface area contributed by atoms with E-state index in [2.05, 4.69) is 0 Å². The Morgan fingerprint density at radius 1 is 1.40 bits per heavy atom. The van der Waals surface area contributed by atoms with Gasteiger partial charge in [-0.3, -0.25) is 9.59 Å². The molecule has 20 heavy (non-hydrogen) atoms. The number of aromatic nitrogens is 1. The van der Waals surface area contributed by atoms with Crippen molar-refractivity contribution < 1.29 is 9.59 Å². The van der Waals surface area contributed by atoms with Gasteiger partial charge in [-0.1, -0.05) is 20.8 Å². The third-order valence-electron chi connectivity index (χ3n) is 2.82. The fourth-order valence-corrected chi connectivity index (χ4v) is 2.15. The molecule has 0 saturated heterocycles. The van der Waals surface area contributed by atoms with Crippen molar-refractivity contribution in [3.63, 3.8) is 0 Å². The van der Waals surface area contributed by atoms with Crippen molar-refractivity contribution in [1.82, 2.24) is 9.47 Å². The van der Waals surface area contributed by atoms with Crippen molar-refractivity contribution in [3.05, 3.63) is 18.0 Å². The van der Waals surface area contributed by atoms with Crippen LogP contribution in [0.2, 0.25) is 0 Å². The highest BCUT2D eigenvalue weighted by atomic mass is 16.2. The summed E-state index contributed by atoms with van der Waals surface area (Å²) in [7, 11) is 0. The number of hydrogen-bond acceptors (Lipinski definition) is 3. The topological polar surface area (TPSA) is 94.3 Å². The summed E-state index contributed by atoms with van der Waals surface area (Å²) < 4.78 is 1.83. The van der Waals surface area contributed by atoms with Gasteiger partial charge in [-0.25, -0.2) is 0 Å². The van der Waals surface area contributed by atoms with Crippen molar-refractivity contribution in [2.45, 2.75) is 33.7 Å². The molecule has 1 aromatic heterocycles. The first-order chi connectivity index (χ1) is 9.35. The predicted molar refractivity (Wildman–Crippen MR) is 79.1 cm³/mol. The van der Waals surface area contributed by atoms with Crippen LogP contribution < -0.4 is 11.5 Å². The van der Waals surface area contributed by atoms with E-state index >= 15 is 0 Å². The third kappa shape index (κ3) is 4.29. The van der Waals surface area contributed by atoms with Gasteiger partial charge in [0, 0.05) is 19.3 Å². The van der Waals surface area contributed by atoms with Crippen LogP contribution in [0.4, 0.5) is 5.69 Å². The average molecular weight is 280 g/mol. The van der Waals surface area contributed by atoms with Crippen LogP contribution >= 0.6 is 0 Å². The van der Waals surface area contributed by atoms with Gasteiger partial charge in [0.1, 0.15) is 5.69 Å². The molecular weight excluding hydrogens is 256 g/mol. The minimum absolute atomic E-state index is 0.0752. The van der Waals surface area contributed by atoms with Crippen molar-refractivity contribution >= 4 is 17.5 Å². The minimum Gasteiger partial charge on any atom is -0.397 e. The molecule has 0 aliphatic heterocycles. The summed E-state index contributed by atoms with van der Waals surface area (Å²) in [6.45, 7) is 7.12. The highest BCUT2D eigenvalue weighted by Gasteiger charge is 2.22. The zero-order valence-corrected chi connectivity index (χ0v) is 12.4. The van der Waals surface area contributed by atoms with Gasteiger partial charge in [0.2, 0.25) is 5.91 Å². The number of carbonyl (C=O) groups is 2. The van der Waals surface area contributed by atoms with E-state index in [0.29, 0.717) is 24.5 Å². The molecular formula is C14H24N4O2. The number of rotatable bonds is 7. The second-order valence-electron chi connectivity index (χ2n) is 5.40. The zero-order valence-electron chi connectivity index (χ0n) is 12.4. The molecule has 0 unspecified atom stereocenters. The number of primary amides is 1. The second-order valence-corrected chi connectivity index (χ2v) is 5.40. The molecule has 0 aliphatic carbocycles. The van der Waals surface area contributed by atoms with E-state index in [9.17, 15) is 9.59 Å². The molecule has 112 valence electrons. The number of nitrogens with zero attached hydrogens (tertiary/aromatic N) is 2. The van der Waals surface area contributed by atoms with E-state index in [1.54, 1.807) is 12.3 Å². The van der Waals surface area contributed by atoms with Crippen molar-refractivity contribution in [1.29, 1.82) is 0 Å². The normalized spacial score (nSPS) is 10.8. The minimum atomic E-state index is -0.513. The first kappa shape index (κ1) is 16.1. The average Bonchev–Trinajstić information content (AvgIpc) is 2.68. The highest BCUT2D eigenvalue weighted by Crippen LogP contribution is 2.15.